The van der Waals surface area contributed by atoms with Crippen LogP contribution in [0.15, 0.2) is 42.5 Å². The molecule has 1 heterocycles. The molecule has 3 rings (SSSR count). The SMILES string of the molecule is COc1ccc(-c2nnn(Cc3ccccc3C#N)n2)cc1OC. The molecule has 0 aliphatic heterocycles. The number of tetrazole rings is 1. The molecule has 0 atom stereocenters. The first-order valence-corrected chi connectivity index (χ1v) is 7.23. The Kier molecular flexibility index (Phi) is 4.38. The maximum atomic E-state index is 9.15. The van der Waals surface area contributed by atoms with Crippen molar-refractivity contribution in [1.29, 1.82) is 5.26 Å². The molecule has 2 aromatic carbocycles. The summed E-state index contributed by atoms with van der Waals surface area (Å²) in [6.07, 6.45) is 0. The zero-order chi connectivity index (χ0) is 16.9. The molecule has 7 nitrogen and oxygen atoms in total. The van der Waals surface area contributed by atoms with Crippen LogP contribution in [0.4, 0.5) is 0 Å². The Labute approximate surface area is 139 Å². The Bertz CT molecular complexity index is 898. The summed E-state index contributed by atoms with van der Waals surface area (Å²) in [7, 11) is 3.16. The van der Waals surface area contributed by atoms with Crippen molar-refractivity contribution in [2.45, 2.75) is 6.54 Å². The number of hydrogen-bond donors (Lipinski definition) is 0. The molecule has 0 spiro atoms. The third kappa shape index (κ3) is 3.03. The molecule has 3 aromatic rings. The van der Waals surface area contributed by atoms with Crippen molar-refractivity contribution in [1.82, 2.24) is 20.2 Å². The van der Waals surface area contributed by atoms with E-state index in [1.807, 2.05) is 24.3 Å². The van der Waals surface area contributed by atoms with Gasteiger partial charge >= 0.3 is 0 Å². The van der Waals surface area contributed by atoms with Gasteiger partial charge in [-0.3, -0.25) is 0 Å². The maximum Gasteiger partial charge on any atom is 0.205 e. The third-order valence-corrected chi connectivity index (χ3v) is 3.54. The van der Waals surface area contributed by atoms with Gasteiger partial charge in [-0.15, -0.1) is 10.2 Å². The van der Waals surface area contributed by atoms with Crippen molar-refractivity contribution < 1.29 is 9.47 Å². The Morgan fingerprint density at radius 1 is 1.08 bits per heavy atom. The summed E-state index contributed by atoms with van der Waals surface area (Å²) in [6.45, 7) is 0.379. The second kappa shape index (κ2) is 6.79. The first-order valence-electron chi connectivity index (χ1n) is 7.23. The Morgan fingerprint density at radius 3 is 2.62 bits per heavy atom. The molecule has 24 heavy (non-hydrogen) atoms. The smallest absolute Gasteiger partial charge is 0.205 e. The Morgan fingerprint density at radius 2 is 1.88 bits per heavy atom. The van der Waals surface area contributed by atoms with E-state index in [1.54, 1.807) is 32.4 Å². The van der Waals surface area contributed by atoms with Crippen LogP contribution in [0, 0.1) is 11.3 Å². The van der Waals surface area contributed by atoms with Crippen LogP contribution in [-0.4, -0.2) is 34.4 Å². The lowest BCUT2D eigenvalue weighted by Gasteiger charge is -2.07. The minimum Gasteiger partial charge on any atom is -0.493 e. The number of hydrogen-bond acceptors (Lipinski definition) is 6. The van der Waals surface area contributed by atoms with Gasteiger partial charge in [-0.05, 0) is 35.0 Å². The summed E-state index contributed by atoms with van der Waals surface area (Å²) in [5.41, 5.74) is 2.21. The lowest BCUT2D eigenvalue weighted by atomic mass is 10.1. The molecule has 0 radical (unpaired) electrons. The van der Waals surface area contributed by atoms with Gasteiger partial charge in [-0.25, -0.2) is 0 Å². The normalized spacial score (nSPS) is 10.2. The molecule has 0 saturated carbocycles. The van der Waals surface area contributed by atoms with Crippen molar-refractivity contribution in [3.05, 3.63) is 53.6 Å². The minimum atomic E-state index is 0.379. The predicted molar refractivity (Wildman–Crippen MR) is 86.6 cm³/mol. The molecule has 7 heteroatoms. The highest BCUT2D eigenvalue weighted by Gasteiger charge is 2.11. The van der Waals surface area contributed by atoms with Crippen LogP contribution in [0.5, 0.6) is 11.5 Å². The van der Waals surface area contributed by atoms with Crippen LogP contribution in [0.25, 0.3) is 11.4 Å². The van der Waals surface area contributed by atoms with E-state index in [-0.39, 0.29) is 0 Å². The number of rotatable bonds is 5. The molecule has 0 N–H and O–H groups in total. The first-order chi connectivity index (χ1) is 11.7. The second-order valence-electron chi connectivity index (χ2n) is 4.98. The standard InChI is InChI=1S/C17H15N5O2/c1-23-15-8-7-12(9-16(15)24-2)17-19-21-22(20-17)11-14-6-4-3-5-13(14)10-18/h3-9H,11H2,1-2H3. The minimum absolute atomic E-state index is 0.379. The highest BCUT2D eigenvalue weighted by molar-refractivity contribution is 5.60. The summed E-state index contributed by atoms with van der Waals surface area (Å²) in [5, 5.41) is 21.6. The fraction of sp³-hybridized carbons (Fsp3) is 0.176. The van der Waals surface area contributed by atoms with Gasteiger partial charge in [-0.2, -0.15) is 10.1 Å². The van der Waals surface area contributed by atoms with Gasteiger partial charge in [0, 0.05) is 5.56 Å². The van der Waals surface area contributed by atoms with Gasteiger partial charge in [0.15, 0.2) is 11.5 Å². The van der Waals surface area contributed by atoms with Gasteiger partial charge in [0.25, 0.3) is 0 Å². The monoisotopic (exact) mass is 321 g/mol. The second-order valence-corrected chi connectivity index (χ2v) is 4.98. The lowest BCUT2D eigenvalue weighted by Crippen LogP contribution is -2.05. The molecule has 0 bridgehead atoms. The average Bonchev–Trinajstić information content (AvgIpc) is 3.10. The van der Waals surface area contributed by atoms with E-state index in [9.17, 15) is 0 Å². The Balaban J connectivity index is 1.87. The highest BCUT2D eigenvalue weighted by atomic mass is 16.5. The summed E-state index contributed by atoms with van der Waals surface area (Å²) in [4.78, 5) is 1.46. The Hall–Kier alpha value is -3.40. The number of methoxy groups -OCH3 is 2. The summed E-state index contributed by atoms with van der Waals surface area (Å²) in [6, 6.07) is 14.9. The molecule has 0 aliphatic carbocycles. The fourth-order valence-electron chi connectivity index (χ4n) is 2.32. The van der Waals surface area contributed by atoms with E-state index in [2.05, 4.69) is 21.5 Å². The van der Waals surface area contributed by atoms with Crippen molar-refractivity contribution in [3.63, 3.8) is 0 Å². The topological polar surface area (TPSA) is 85.9 Å². The third-order valence-electron chi connectivity index (χ3n) is 3.54. The average molecular weight is 321 g/mol. The number of benzene rings is 2. The predicted octanol–water partition coefficient (Wildman–Crippen LogP) is 2.28. The summed E-state index contributed by atoms with van der Waals surface area (Å²) in [5.74, 6) is 1.71. The van der Waals surface area contributed by atoms with Gasteiger partial charge in [0.1, 0.15) is 0 Å². The molecule has 0 saturated heterocycles. The summed E-state index contributed by atoms with van der Waals surface area (Å²) >= 11 is 0. The zero-order valence-electron chi connectivity index (χ0n) is 13.3. The van der Waals surface area contributed by atoms with Crippen LogP contribution in [0.1, 0.15) is 11.1 Å². The van der Waals surface area contributed by atoms with Crippen molar-refractivity contribution in [3.8, 4) is 29.0 Å². The van der Waals surface area contributed by atoms with Crippen molar-refractivity contribution >= 4 is 0 Å². The molecule has 1 aromatic heterocycles. The van der Waals surface area contributed by atoms with Crippen LogP contribution in [0.3, 0.4) is 0 Å². The van der Waals surface area contributed by atoms with Crippen molar-refractivity contribution in [2.75, 3.05) is 14.2 Å². The van der Waals surface area contributed by atoms with Crippen LogP contribution < -0.4 is 9.47 Å². The summed E-state index contributed by atoms with van der Waals surface area (Å²) < 4.78 is 10.5. The van der Waals surface area contributed by atoms with Gasteiger partial charge in [0.05, 0.1) is 32.4 Å². The molecule has 0 fully saturated rings. The van der Waals surface area contributed by atoms with E-state index in [0.717, 1.165) is 11.1 Å². The highest BCUT2D eigenvalue weighted by Crippen LogP contribution is 2.30. The largest absolute Gasteiger partial charge is 0.493 e. The van der Waals surface area contributed by atoms with Crippen LogP contribution in [0.2, 0.25) is 0 Å². The number of nitrogens with zero attached hydrogens (tertiary/aromatic N) is 5. The van der Waals surface area contributed by atoms with E-state index < -0.39 is 0 Å². The molecule has 0 aliphatic rings. The van der Waals surface area contributed by atoms with Crippen LogP contribution >= 0.6 is 0 Å². The number of nitriles is 1. The zero-order valence-corrected chi connectivity index (χ0v) is 13.3. The van der Waals surface area contributed by atoms with Crippen molar-refractivity contribution in [2.24, 2.45) is 0 Å². The number of ether oxygens (including phenoxy) is 2. The first kappa shape index (κ1) is 15.5. The van der Waals surface area contributed by atoms with E-state index in [4.69, 9.17) is 14.7 Å². The van der Waals surface area contributed by atoms with E-state index in [1.165, 1.54) is 4.80 Å². The maximum absolute atomic E-state index is 9.15. The molecule has 0 amide bonds. The lowest BCUT2D eigenvalue weighted by molar-refractivity contribution is 0.355. The van der Waals surface area contributed by atoms with Gasteiger partial charge < -0.3 is 9.47 Å². The quantitative estimate of drug-likeness (QED) is 0.716. The van der Waals surface area contributed by atoms with Crippen LogP contribution in [-0.2, 0) is 6.54 Å². The number of aromatic nitrogens is 4. The van der Waals surface area contributed by atoms with Gasteiger partial charge in [0.2, 0.25) is 5.82 Å². The molecule has 120 valence electrons. The van der Waals surface area contributed by atoms with E-state index >= 15 is 0 Å². The molecular formula is C17H15N5O2. The van der Waals surface area contributed by atoms with E-state index in [0.29, 0.717) is 29.4 Å². The fourth-order valence-corrected chi connectivity index (χ4v) is 2.32. The molecular weight excluding hydrogens is 306 g/mol. The molecule has 0 unspecified atom stereocenters. The van der Waals surface area contributed by atoms with Gasteiger partial charge in [-0.1, -0.05) is 18.2 Å².